The Morgan fingerprint density at radius 3 is 2.61 bits per heavy atom. The summed E-state index contributed by atoms with van der Waals surface area (Å²) in [5.74, 6) is -0.704. The van der Waals surface area contributed by atoms with Gasteiger partial charge in [-0.1, -0.05) is 0 Å². The number of methoxy groups -OCH3 is 1. The molecule has 1 N–H and O–H groups in total. The van der Waals surface area contributed by atoms with Crippen LogP contribution < -0.4 is 0 Å². The van der Waals surface area contributed by atoms with E-state index in [1.165, 1.54) is 0 Å². The maximum absolute atomic E-state index is 11.6. The molecular weight excluding hydrogens is 230 g/mol. The third-order valence-electron chi connectivity index (χ3n) is 4.28. The number of ether oxygens (including phenoxy) is 1. The summed E-state index contributed by atoms with van der Waals surface area (Å²) in [6.45, 7) is 8.92. The number of carboxylic acids is 1. The molecule has 0 spiro atoms. The normalized spacial score (nSPS) is 28.1. The number of hydrogen-bond acceptors (Lipinski definition) is 3. The van der Waals surface area contributed by atoms with Crippen LogP contribution in [-0.4, -0.2) is 46.8 Å². The minimum Gasteiger partial charge on any atom is -0.480 e. The zero-order valence-corrected chi connectivity index (χ0v) is 12.3. The minimum atomic E-state index is -0.721. The van der Waals surface area contributed by atoms with E-state index in [4.69, 9.17) is 4.74 Å². The van der Waals surface area contributed by atoms with Gasteiger partial charge in [0.15, 0.2) is 0 Å². The van der Waals surface area contributed by atoms with Crippen LogP contribution in [0, 0.1) is 0 Å². The minimum absolute atomic E-state index is 0.210. The average molecular weight is 257 g/mol. The van der Waals surface area contributed by atoms with E-state index >= 15 is 0 Å². The molecule has 2 unspecified atom stereocenters. The van der Waals surface area contributed by atoms with E-state index < -0.39 is 11.5 Å². The van der Waals surface area contributed by atoms with Crippen molar-refractivity contribution in [3.05, 3.63) is 0 Å². The maximum atomic E-state index is 11.6. The smallest absolute Gasteiger partial charge is 0.323 e. The average Bonchev–Trinajstić information content (AvgIpc) is 2.28. The zero-order valence-electron chi connectivity index (χ0n) is 12.3. The number of aliphatic carboxylic acids is 1. The molecule has 106 valence electrons. The van der Waals surface area contributed by atoms with Gasteiger partial charge in [0.1, 0.15) is 5.54 Å². The third kappa shape index (κ3) is 3.23. The Labute approximate surface area is 110 Å². The van der Waals surface area contributed by atoms with Gasteiger partial charge >= 0.3 is 5.97 Å². The highest BCUT2D eigenvalue weighted by Gasteiger charge is 2.44. The Morgan fingerprint density at radius 1 is 1.50 bits per heavy atom. The number of carbonyl (C=O) groups is 1. The van der Waals surface area contributed by atoms with E-state index in [2.05, 4.69) is 11.8 Å². The molecule has 4 heteroatoms. The second kappa shape index (κ2) is 5.57. The van der Waals surface area contributed by atoms with Gasteiger partial charge in [-0.3, -0.25) is 9.69 Å². The summed E-state index contributed by atoms with van der Waals surface area (Å²) in [4.78, 5) is 13.7. The van der Waals surface area contributed by atoms with Crippen molar-refractivity contribution in [2.75, 3.05) is 13.7 Å². The summed E-state index contributed by atoms with van der Waals surface area (Å²) in [6.07, 6.45) is 3.66. The second-order valence-corrected chi connectivity index (χ2v) is 6.25. The maximum Gasteiger partial charge on any atom is 0.323 e. The van der Waals surface area contributed by atoms with Crippen molar-refractivity contribution in [2.24, 2.45) is 0 Å². The van der Waals surface area contributed by atoms with Crippen molar-refractivity contribution >= 4 is 5.97 Å². The standard InChI is InChI=1S/C14H27NO3/c1-11(10-13(2,3)18-5)15-9-7-6-8-14(15,4)12(16)17/h11H,6-10H2,1-5H3,(H,16,17). The molecule has 0 aromatic heterocycles. The summed E-state index contributed by atoms with van der Waals surface area (Å²) in [7, 11) is 1.71. The van der Waals surface area contributed by atoms with Crippen LogP contribution in [-0.2, 0) is 9.53 Å². The van der Waals surface area contributed by atoms with E-state index in [1.54, 1.807) is 7.11 Å². The van der Waals surface area contributed by atoms with E-state index in [0.29, 0.717) is 0 Å². The molecule has 1 fully saturated rings. The second-order valence-electron chi connectivity index (χ2n) is 6.25. The molecule has 1 heterocycles. The van der Waals surface area contributed by atoms with Gasteiger partial charge in [-0.05, 0) is 59.9 Å². The lowest BCUT2D eigenvalue weighted by Crippen LogP contribution is -2.59. The van der Waals surface area contributed by atoms with Crippen molar-refractivity contribution in [1.29, 1.82) is 0 Å². The number of rotatable bonds is 5. The van der Waals surface area contributed by atoms with Gasteiger partial charge in [-0.25, -0.2) is 0 Å². The largest absolute Gasteiger partial charge is 0.480 e. The zero-order chi connectivity index (χ0) is 14.0. The lowest BCUT2D eigenvalue weighted by Gasteiger charge is -2.46. The van der Waals surface area contributed by atoms with Crippen LogP contribution in [0.4, 0.5) is 0 Å². The summed E-state index contributed by atoms with van der Waals surface area (Å²) >= 11 is 0. The van der Waals surface area contributed by atoms with Crippen molar-refractivity contribution in [3.8, 4) is 0 Å². The lowest BCUT2D eigenvalue weighted by molar-refractivity contribution is -0.156. The Balaban J connectivity index is 2.81. The Hall–Kier alpha value is -0.610. The van der Waals surface area contributed by atoms with Crippen molar-refractivity contribution < 1.29 is 14.6 Å². The van der Waals surface area contributed by atoms with Gasteiger partial charge in [0.2, 0.25) is 0 Å². The van der Waals surface area contributed by atoms with Crippen LogP contribution >= 0.6 is 0 Å². The Bertz CT molecular complexity index is 303. The molecule has 1 aliphatic heterocycles. The van der Waals surface area contributed by atoms with E-state index in [-0.39, 0.29) is 11.6 Å². The molecule has 0 bridgehead atoms. The number of piperidine rings is 1. The quantitative estimate of drug-likeness (QED) is 0.822. The Kier molecular flexibility index (Phi) is 4.78. The van der Waals surface area contributed by atoms with Crippen LogP contribution in [0.2, 0.25) is 0 Å². The van der Waals surface area contributed by atoms with E-state index in [1.807, 2.05) is 20.8 Å². The van der Waals surface area contributed by atoms with Crippen molar-refractivity contribution in [2.45, 2.75) is 70.6 Å². The van der Waals surface area contributed by atoms with Gasteiger partial charge in [0.25, 0.3) is 0 Å². The highest BCUT2D eigenvalue weighted by atomic mass is 16.5. The molecule has 0 amide bonds. The summed E-state index contributed by atoms with van der Waals surface area (Å²) in [5.41, 5.74) is -0.933. The monoisotopic (exact) mass is 257 g/mol. The predicted octanol–water partition coefficient (Wildman–Crippen LogP) is 2.52. The molecule has 0 aromatic rings. The number of nitrogens with zero attached hydrogens (tertiary/aromatic N) is 1. The summed E-state index contributed by atoms with van der Waals surface area (Å²) in [5, 5.41) is 9.50. The first-order valence-corrected chi connectivity index (χ1v) is 6.78. The Morgan fingerprint density at radius 2 is 2.11 bits per heavy atom. The van der Waals surface area contributed by atoms with Gasteiger partial charge in [-0.15, -0.1) is 0 Å². The summed E-state index contributed by atoms with van der Waals surface area (Å²) in [6, 6.07) is 0.210. The first-order chi connectivity index (χ1) is 8.23. The fourth-order valence-electron chi connectivity index (χ4n) is 2.98. The van der Waals surface area contributed by atoms with Gasteiger partial charge in [0, 0.05) is 13.2 Å². The van der Waals surface area contributed by atoms with Crippen LogP contribution in [0.25, 0.3) is 0 Å². The number of hydrogen-bond donors (Lipinski definition) is 1. The molecule has 2 atom stereocenters. The molecule has 18 heavy (non-hydrogen) atoms. The molecule has 1 aliphatic rings. The fourth-order valence-corrected chi connectivity index (χ4v) is 2.98. The third-order valence-corrected chi connectivity index (χ3v) is 4.28. The predicted molar refractivity (Wildman–Crippen MR) is 71.8 cm³/mol. The molecule has 1 saturated heterocycles. The highest BCUT2D eigenvalue weighted by Crippen LogP contribution is 2.32. The van der Waals surface area contributed by atoms with Crippen molar-refractivity contribution in [1.82, 2.24) is 4.90 Å². The van der Waals surface area contributed by atoms with Crippen molar-refractivity contribution in [3.63, 3.8) is 0 Å². The fraction of sp³-hybridized carbons (Fsp3) is 0.929. The number of carboxylic acid groups (broad SMARTS) is 1. The van der Waals surface area contributed by atoms with Crippen LogP contribution in [0.15, 0.2) is 0 Å². The molecule has 1 rings (SSSR count). The SMILES string of the molecule is COC(C)(C)CC(C)N1CCCCC1(C)C(=O)O. The molecule has 4 nitrogen and oxygen atoms in total. The lowest BCUT2D eigenvalue weighted by atomic mass is 9.85. The van der Waals surface area contributed by atoms with Crippen LogP contribution in [0.5, 0.6) is 0 Å². The van der Waals surface area contributed by atoms with Gasteiger partial charge < -0.3 is 9.84 Å². The first kappa shape index (κ1) is 15.4. The van der Waals surface area contributed by atoms with Crippen LogP contribution in [0.1, 0.15) is 53.4 Å². The van der Waals surface area contributed by atoms with Gasteiger partial charge in [0.05, 0.1) is 5.60 Å². The van der Waals surface area contributed by atoms with E-state index in [0.717, 1.165) is 32.2 Å². The molecular formula is C14H27NO3. The molecule has 0 aliphatic carbocycles. The molecule has 0 saturated carbocycles. The van der Waals surface area contributed by atoms with Gasteiger partial charge in [-0.2, -0.15) is 0 Å². The molecule has 0 radical (unpaired) electrons. The van der Waals surface area contributed by atoms with Crippen LogP contribution in [0.3, 0.4) is 0 Å². The van der Waals surface area contributed by atoms with E-state index in [9.17, 15) is 9.90 Å². The molecule has 0 aromatic carbocycles. The topological polar surface area (TPSA) is 49.8 Å². The summed E-state index contributed by atoms with van der Waals surface area (Å²) < 4.78 is 5.45. The number of likely N-dealkylation sites (tertiary alicyclic amines) is 1. The highest BCUT2D eigenvalue weighted by molar-refractivity contribution is 5.78. The first-order valence-electron chi connectivity index (χ1n) is 6.78.